The first-order valence-electron chi connectivity index (χ1n) is 8.66. The van der Waals surface area contributed by atoms with E-state index in [0.717, 1.165) is 12.8 Å². The van der Waals surface area contributed by atoms with Gasteiger partial charge in [-0.1, -0.05) is 6.07 Å². The van der Waals surface area contributed by atoms with Crippen LogP contribution in [0.15, 0.2) is 47.4 Å². The molecule has 0 spiro atoms. The molecule has 28 heavy (non-hydrogen) atoms. The minimum absolute atomic E-state index is 0.0432. The summed E-state index contributed by atoms with van der Waals surface area (Å²) in [6.45, 7) is 1.00. The highest BCUT2D eigenvalue weighted by molar-refractivity contribution is 7.89. The Bertz CT molecular complexity index is 996. The van der Waals surface area contributed by atoms with Crippen molar-refractivity contribution in [3.05, 3.63) is 53.6 Å². The fourth-order valence-corrected chi connectivity index (χ4v) is 4.49. The molecule has 1 saturated heterocycles. The van der Waals surface area contributed by atoms with Crippen LogP contribution in [0.5, 0.6) is 5.75 Å². The van der Waals surface area contributed by atoms with E-state index in [2.05, 4.69) is 10.1 Å². The van der Waals surface area contributed by atoms with E-state index in [1.165, 1.54) is 53.9 Å². The second kappa shape index (κ2) is 7.99. The first kappa shape index (κ1) is 19.8. The number of nitrogens with zero attached hydrogens (tertiary/aromatic N) is 1. The first-order chi connectivity index (χ1) is 13.3. The fourth-order valence-electron chi connectivity index (χ4n) is 2.97. The molecule has 8 nitrogen and oxygen atoms in total. The lowest BCUT2D eigenvalue weighted by atomic mass is 10.1. The van der Waals surface area contributed by atoms with Gasteiger partial charge in [-0.25, -0.2) is 13.2 Å². The Morgan fingerprint density at radius 1 is 1.07 bits per heavy atom. The second-order valence-electron chi connectivity index (χ2n) is 6.28. The molecule has 0 saturated carbocycles. The quantitative estimate of drug-likeness (QED) is 0.584. The van der Waals surface area contributed by atoms with E-state index in [1.807, 2.05) is 0 Å². The van der Waals surface area contributed by atoms with Gasteiger partial charge in [-0.2, -0.15) is 4.31 Å². The highest BCUT2D eigenvalue weighted by Crippen LogP contribution is 2.28. The van der Waals surface area contributed by atoms with Crippen molar-refractivity contribution in [1.29, 1.82) is 0 Å². The summed E-state index contributed by atoms with van der Waals surface area (Å²) in [5.74, 6) is -1.69. The van der Waals surface area contributed by atoms with E-state index in [1.54, 1.807) is 0 Å². The number of anilines is 1. The van der Waals surface area contributed by atoms with E-state index in [4.69, 9.17) is 0 Å². The van der Waals surface area contributed by atoms with Gasteiger partial charge < -0.3 is 15.2 Å². The van der Waals surface area contributed by atoms with Crippen molar-refractivity contribution >= 4 is 27.6 Å². The minimum atomic E-state index is -3.55. The number of ether oxygens (including phenoxy) is 1. The van der Waals surface area contributed by atoms with E-state index < -0.39 is 27.6 Å². The average Bonchev–Trinajstić information content (AvgIpc) is 3.25. The van der Waals surface area contributed by atoms with Crippen molar-refractivity contribution in [3.63, 3.8) is 0 Å². The number of phenols is 1. The third-order valence-corrected chi connectivity index (χ3v) is 6.42. The Balaban J connectivity index is 1.78. The van der Waals surface area contributed by atoms with Gasteiger partial charge in [0.05, 0.1) is 17.7 Å². The number of nitrogens with one attached hydrogen (secondary N) is 1. The Kier molecular flexibility index (Phi) is 5.66. The Morgan fingerprint density at radius 2 is 1.71 bits per heavy atom. The predicted octanol–water partition coefficient (Wildman–Crippen LogP) is 2.22. The first-order valence-corrected chi connectivity index (χ1v) is 10.1. The van der Waals surface area contributed by atoms with Crippen LogP contribution < -0.4 is 5.32 Å². The van der Waals surface area contributed by atoms with Gasteiger partial charge in [0.25, 0.3) is 5.91 Å². The molecule has 1 heterocycles. The summed E-state index contributed by atoms with van der Waals surface area (Å²) < 4.78 is 31.1. The number of benzene rings is 2. The molecular weight excluding hydrogens is 384 g/mol. The van der Waals surface area contributed by atoms with Gasteiger partial charge in [-0.3, -0.25) is 4.79 Å². The standard InChI is InChI=1S/C19H20N2O6S/c1-27-19(24)15-5-4-6-16(17(15)22)20-18(23)13-7-9-14(10-8-13)28(25,26)21-11-2-3-12-21/h4-10,22H,2-3,11-12H2,1H3,(H,20,23). The zero-order valence-corrected chi connectivity index (χ0v) is 16.0. The summed E-state index contributed by atoms with van der Waals surface area (Å²) in [5.41, 5.74) is 0.178. The summed E-state index contributed by atoms with van der Waals surface area (Å²) >= 11 is 0. The van der Waals surface area contributed by atoms with Crippen LogP contribution in [-0.2, 0) is 14.8 Å². The molecule has 1 aliphatic rings. The maximum atomic E-state index is 12.5. The largest absolute Gasteiger partial charge is 0.505 e. The molecule has 148 valence electrons. The topological polar surface area (TPSA) is 113 Å². The molecule has 2 N–H and O–H groups in total. The Morgan fingerprint density at radius 3 is 2.32 bits per heavy atom. The number of rotatable bonds is 5. The number of para-hydroxylation sites is 1. The summed E-state index contributed by atoms with van der Waals surface area (Å²) in [5, 5.41) is 12.7. The summed E-state index contributed by atoms with van der Waals surface area (Å²) in [7, 11) is -2.37. The smallest absolute Gasteiger partial charge is 0.341 e. The zero-order valence-electron chi connectivity index (χ0n) is 15.2. The molecule has 0 bridgehead atoms. The molecule has 1 aliphatic heterocycles. The Labute approximate surface area is 162 Å². The lowest BCUT2D eigenvalue weighted by Gasteiger charge is -2.15. The van der Waals surface area contributed by atoms with Gasteiger partial charge in [-0.05, 0) is 49.2 Å². The third-order valence-electron chi connectivity index (χ3n) is 4.51. The summed E-state index contributed by atoms with van der Waals surface area (Å²) in [6, 6.07) is 9.87. The normalized spacial score (nSPS) is 14.6. The van der Waals surface area contributed by atoms with E-state index >= 15 is 0 Å². The predicted molar refractivity (Wildman–Crippen MR) is 102 cm³/mol. The van der Waals surface area contributed by atoms with Crippen molar-refractivity contribution in [2.45, 2.75) is 17.7 Å². The van der Waals surface area contributed by atoms with Gasteiger partial charge in [-0.15, -0.1) is 0 Å². The number of hydrogen-bond donors (Lipinski definition) is 2. The lowest BCUT2D eigenvalue weighted by Crippen LogP contribution is -2.27. The number of aromatic hydroxyl groups is 1. The van der Waals surface area contributed by atoms with Gasteiger partial charge in [0.15, 0.2) is 5.75 Å². The van der Waals surface area contributed by atoms with Crippen LogP contribution in [0.3, 0.4) is 0 Å². The van der Waals surface area contributed by atoms with Crippen molar-refractivity contribution < 1.29 is 27.9 Å². The fraction of sp³-hybridized carbons (Fsp3) is 0.263. The summed E-state index contributed by atoms with van der Waals surface area (Å²) in [4.78, 5) is 24.2. The summed E-state index contributed by atoms with van der Waals surface area (Å²) in [6.07, 6.45) is 1.68. The number of carbonyl (C=O) groups excluding carboxylic acids is 2. The van der Waals surface area contributed by atoms with Gasteiger partial charge >= 0.3 is 5.97 Å². The average molecular weight is 404 g/mol. The number of hydrogen-bond acceptors (Lipinski definition) is 6. The molecule has 0 atom stereocenters. The molecule has 0 unspecified atom stereocenters. The van der Waals surface area contributed by atoms with Crippen LogP contribution in [-0.4, -0.2) is 49.9 Å². The monoisotopic (exact) mass is 404 g/mol. The van der Waals surface area contributed by atoms with Crippen LogP contribution in [0.25, 0.3) is 0 Å². The van der Waals surface area contributed by atoms with Crippen LogP contribution in [0.1, 0.15) is 33.6 Å². The van der Waals surface area contributed by atoms with Gasteiger partial charge in [0.1, 0.15) is 5.56 Å². The van der Waals surface area contributed by atoms with Crippen molar-refractivity contribution in [1.82, 2.24) is 4.31 Å². The van der Waals surface area contributed by atoms with Crippen molar-refractivity contribution in [2.24, 2.45) is 0 Å². The second-order valence-corrected chi connectivity index (χ2v) is 8.22. The maximum absolute atomic E-state index is 12.5. The maximum Gasteiger partial charge on any atom is 0.341 e. The Hall–Kier alpha value is -2.91. The van der Waals surface area contributed by atoms with Crippen LogP contribution >= 0.6 is 0 Å². The van der Waals surface area contributed by atoms with Gasteiger partial charge in [0, 0.05) is 18.7 Å². The van der Waals surface area contributed by atoms with E-state index in [-0.39, 0.29) is 21.7 Å². The molecule has 3 rings (SSSR count). The number of phenolic OH excluding ortho intramolecular Hbond substituents is 1. The van der Waals surface area contributed by atoms with Crippen LogP contribution in [0.4, 0.5) is 5.69 Å². The molecule has 2 aromatic carbocycles. The molecule has 0 aliphatic carbocycles. The number of esters is 1. The van der Waals surface area contributed by atoms with E-state index in [0.29, 0.717) is 13.1 Å². The molecule has 0 radical (unpaired) electrons. The number of methoxy groups -OCH3 is 1. The van der Waals surface area contributed by atoms with Crippen LogP contribution in [0.2, 0.25) is 0 Å². The molecule has 0 aromatic heterocycles. The number of carbonyl (C=O) groups is 2. The molecule has 1 amide bonds. The third kappa shape index (κ3) is 3.85. The van der Waals surface area contributed by atoms with Crippen LogP contribution in [0, 0.1) is 0 Å². The molecule has 1 fully saturated rings. The number of amides is 1. The highest BCUT2D eigenvalue weighted by Gasteiger charge is 2.27. The van der Waals surface area contributed by atoms with E-state index in [9.17, 15) is 23.1 Å². The van der Waals surface area contributed by atoms with Crippen molar-refractivity contribution in [3.8, 4) is 5.75 Å². The van der Waals surface area contributed by atoms with Gasteiger partial charge in [0.2, 0.25) is 10.0 Å². The highest BCUT2D eigenvalue weighted by atomic mass is 32.2. The SMILES string of the molecule is COC(=O)c1cccc(NC(=O)c2ccc(S(=O)(=O)N3CCCC3)cc2)c1O. The zero-order chi connectivity index (χ0) is 20.3. The van der Waals surface area contributed by atoms with Crippen molar-refractivity contribution in [2.75, 3.05) is 25.5 Å². The molecule has 2 aromatic rings. The molecule has 9 heteroatoms. The number of sulfonamides is 1. The molecular formula is C19H20N2O6S. The minimum Gasteiger partial charge on any atom is -0.505 e. The lowest BCUT2D eigenvalue weighted by molar-refractivity contribution is 0.0597.